The van der Waals surface area contributed by atoms with Gasteiger partial charge in [-0.05, 0) is 24.3 Å². The average molecular weight is 258 g/mol. The number of carbonyl (C=O) groups excluding carboxylic acids is 1. The third-order valence-electron chi connectivity index (χ3n) is 2.26. The van der Waals surface area contributed by atoms with Crippen LogP contribution in [0.15, 0.2) is 30.9 Å². The molecule has 0 saturated carbocycles. The molecule has 1 aromatic rings. The van der Waals surface area contributed by atoms with Crippen molar-refractivity contribution in [3.05, 3.63) is 40.9 Å². The molecular weight excluding hydrogens is 249 g/mol. The molecule has 1 amide bonds. The van der Waals surface area contributed by atoms with Crippen LogP contribution in [0.4, 0.5) is 10.5 Å². The monoisotopic (exact) mass is 257 g/mol. The van der Waals surface area contributed by atoms with Crippen LogP contribution in [0.5, 0.6) is 0 Å². The van der Waals surface area contributed by atoms with Gasteiger partial charge in [0.1, 0.15) is 6.10 Å². The molecule has 1 fully saturated rings. The van der Waals surface area contributed by atoms with E-state index in [0.29, 0.717) is 22.3 Å². The SMILES string of the molecule is C=CC1CN(c2cc(Cl)cc(Cl)c2)C(=O)O1. The number of carbonyl (C=O) groups is 1. The van der Waals surface area contributed by atoms with Gasteiger partial charge in [0.2, 0.25) is 0 Å². The Bertz CT molecular complexity index is 427. The zero-order valence-electron chi connectivity index (χ0n) is 8.32. The van der Waals surface area contributed by atoms with Crippen LogP contribution in [0.25, 0.3) is 0 Å². The molecule has 0 bridgehead atoms. The van der Waals surface area contributed by atoms with E-state index in [2.05, 4.69) is 6.58 Å². The summed E-state index contributed by atoms with van der Waals surface area (Å²) in [6.45, 7) is 4.01. The Morgan fingerprint density at radius 2 is 2.00 bits per heavy atom. The highest BCUT2D eigenvalue weighted by Gasteiger charge is 2.30. The maximum absolute atomic E-state index is 11.5. The first-order chi connectivity index (χ1) is 7.60. The first-order valence-electron chi connectivity index (χ1n) is 4.67. The quantitative estimate of drug-likeness (QED) is 0.760. The number of benzene rings is 1. The van der Waals surface area contributed by atoms with Gasteiger partial charge in [-0.15, -0.1) is 0 Å². The maximum Gasteiger partial charge on any atom is 0.415 e. The second-order valence-corrected chi connectivity index (χ2v) is 4.27. The molecule has 1 saturated heterocycles. The van der Waals surface area contributed by atoms with Crippen molar-refractivity contribution < 1.29 is 9.53 Å². The second-order valence-electron chi connectivity index (χ2n) is 3.40. The number of halogens is 2. The lowest BCUT2D eigenvalue weighted by atomic mass is 10.2. The van der Waals surface area contributed by atoms with Crippen molar-refractivity contribution in [3.63, 3.8) is 0 Å². The molecule has 0 spiro atoms. The first-order valence-corrected chi connectivity index (χ1v) is 5.42. The Hall–Kier alpha value is -1.19. The predicted octanol–water partition coefficient (Wildman–Crippen LogP) is 3.50. The molecule has 1 aliphatic heterocycles. The summed E-state index contributed by atoms with van der Waals surface area (Å²) in [6.07, 6.45) is 0.887. The van der Waals surface area contributed by atoms with E-state index in [-0.39, 0.29) is 6.10 Å². The van der Waals surface area contributed by atoms with E-state index in [9.17, 15) is 4.79 Å². The summed E-state index contributed by atoms with van der Waals surface area (Å²) in [7, 11) is 0. The van der Waals surface area contributed by atoms with Crippen LogP contribution >= 0.6 is 23.2 Å². The molecule has 2 rings (SSSR count). The first kappa shape index (κ1) is 11.3. The zero-order chi connectivity index (χ0) is 11.7. The highest BCUT2D eigenvalue weighted by Crippen LogP contribution is 2.28. The van der Waals surface area contributed by atoms with E-state index in [4.69, 9.17) is 27.9 Å². The van der Waals surface area contributed by atoms with Crippen molar-refractivity contribution in [3.8, 4) is 0 Å². The molecule has 1 heterocycles. The van der Waals surface area contributed by atoms with Gasteiger partial charge < -0.3 is 4.74 Å². The van der Waals surface area contributed by atoms with Crippen molar-refractivity contribution in [2.45, 2.75) is 6.10 Å². The summed E-state index contributed by atoms with van der Waals surface area (Å²) in [6, 6.07) is 4.94. The summed E-state index contributed by atoms with van der Waals surface area (Å²) in [4.78, 5) is 13.0. The smallest absolute Gasteiger partial charge is 0.415 e. The van der Waals surface area contributed by atoms with Crippen molar-refractivity contribution in [2.24, 2.45) is 0 Å². The predicted molar refractivity (Wildman–Crippen MR) is 64.3 cm³/mol. The Kier molecular flexibility index (Phi) is 3.08. The van der Waals surface area contributed by atoms with E-state index in [1.54, 1.807) is 24.3 Å². The van der Waals surface area contributed by atoms with E-state index < -0.39 is 6.09 Å². The number of rotatable bonds is 2. The number of nitrogens with zero attached hydrogens (tertiary/aromatic N) is 1. The summed E-state index contributed by atoms with van der Waals surface area (Å²) in [5.74, 6) is 0. The van der Waals surface area contributed by atoms with Crippen molar-refractivity contribution >= 4 is 35.0 Å². The Balaban J connectivity index is 2.30. The molecule has 1 atom stereocenters. The summed E-state index contributed by atoms with van der Waals surface area (Å²) < 4.78 is 5.04. The third kappa shape index (κ3) is 2.15. The van der Waals surface area contributed by atoms with Crippen LogP contribution in [0.2, 0.25) is 10.0 Å². The van der Waals surface area contributed by atoms with E-state index in [1.807, 2.05) is 0 Å². The number of hydrogen-bond acceptors (Lipinski definition) is 2. The fourth-order valence-electron chi connectivity index (χ4n) is 1.51. The van der Waals surface area contributed by atoms with Gasteiger partial charge in [0.15, 0.2) is 0 Å². The van der Waals surface area contributed by atoms with Crippen LogP contribution in [-0.2, 0) is 4.74 Å². The highest BCUT2D eigenvalue weighted by atomic mass is 35.5. The molecule has 1 aliphatic rings. The number of anilines is 1. The topological polar surface area (TPSA) is 29.5 Å². The van der Waals surface area contributed by atoms with Gasteiger partial charge in [0.05, 0.1) is 12.2 Å². The van der Waals surface area contributed by atoms with Crippen LogP contribution in [0, 0.1) is 0 Å². The summed E-state index contributed by atoms with van der Waals surface area (Å²) in [5, 5.41) is 0.967. The molecule has 0 aromatic heterocycles. The fraction of sp³-hybridized carbons (Fsp3) is 0.182. The molecule has 3 nitrogen and oxygen atoms in total. The maximum atomic E-state index is 11.5. The molecule has 5 heteroatoms. The second kappa shape index (κ2) is 4.36. The standard InChI is InChI=1S/C11H9Cl2NO2/c1-2-10-6-14(11(15)16-10)9-4-7(12)3-8(13)5-9/h2-5,10H,1,6H2. The van der Waals surface area contributed by atoms with Crippen LogP contribution < -0.4 is 4.90 Å². The van der Waals surface area contributed by atoms with Crippen LogP contribution in [0.3, 0.4) is 0 Å². The molecule has 0 radical (unpaired) electrons. The lowest BCUT2D eigenvalue weighted by Crippen LogP contribution is -2.24. The molecule has 0 aliphatic carbocycles. The minimum absolute atomic E-state index is 0.287. The summed E-state index contributed by atoms with van der Waals surface area (Å²) in [5.41, 5.74) is 0.631. The third-order valence-corrected chi connectivity index (χ3v) is 2.69. The lowest BCUT2D eigenvalue weighted by molar-refractivity contribution is 0.160. The number of cyclic esters (lactones) is 1. The van der Waals surface area contributed by atoms with Crippen LogP contribution in [0.1, 0.15) is 0 Å². The van der Waals surface area contributed by atoms with Gasteiger partial charge >= 0.3 is 6.09 Å². The number of ether oxygens (including phenoxy) is 1. The zero-order valence-corrected chi connectivity index (χ0v) is 9.83. The Labute approximate surface area is 103 Å². The van der Waals surface area contributed by atoms with Crippen molar-refractivity contribution in [1.82, 2.24) is 0 Å². The average Bonchev–Trinajstić information content (AvgIpc) is 2.58. The van der Waals surface area contributed by atoms with Crippen molar-refractivity contribution in [2.75, 3.05) is 11.4 Å². The fourth-order valence-corrected chi connectivity index (χ4v) is 2.03. The minimum atomic E-state index is -0.414. The van der Waals surface area contributed by atoms with Crippen molar-refractivity contribution in [1.29, 1.82) is 0 Å². The Morgan fingerprint density at radius 1 is 1.38 bits per heavy atom. The van der Waals surface area contributed by atoms with Gasteiger partial charge in [-0.3, -0.25) is 4.90 Å². The highest BCUT2D eigenvalue weighted by molar-refractivity contribution is 6.35. The van der Waals surface area contributed by atoms with E-state index in [0.717, 1.165) is 0 Å². The van der Waals surface area contributed by atoms with Gasteiger partial charge in [-0.25, -0.2) is 4.79 Å². The van der Waals surface area contributed by atoms with E-state index in [1.165, 1.54) is 4.90 Å². The number of hydrogen-bond donors (Lipinski definition) is 0. The molecule has 16 heavy (non-hydrogen) atoms. The molecule has 0 N–H and O–H groups in total. The molecular formula is C11H9Cl2NO2. The normalized spacial score (nSPS) is 19.8. The molecule has 84 valence electrons. The summed E-state index contributed by atoms with van der Waals surface area (Å²) >= 11 is 11.7. The molecule has 1 aromatic carbocycles. The van der Waals surface area contributed by atoms with E-state index >= 15 is 0 Å². The van der Waals surface area contributed by atoms with Crippen LogP contribution in [-0.4, -0.2) is 18.7 Å². The van der Waals surface area contributed by atoms with Gasteiger partial charge in [0.25, 0.3) is 0 Å². The van der Waals surface area contributed by atoms with Gasteiger partial charge in [-0.2, -0.15) is 0 Å². The Morgan fingerprint density at radius 3 is 2.50 bits per heavy atom. The largest absolute Gasteiger partial charge is 0.440 e. The molecule has 1 unspecified atom stereocenters. The van der Waals surface area contributed by atoms with Gasteiger partial charge in [0, 0.05) is 10.0 Å². The van der Waals surface area contributed by atoms with Gasteiger partial charge in [-0.1, -0.05) is 29.8 Å². The minimum Gasteiger partial charge on any atom is -0.440 e. The lowest BCUT2D eigenvalue weighted by Gasteiger charge is -2.13. The number of amides is 1.